The van der Waals surface area contributed by atoms with Crippen molar-refractivity contribution in [2.24, 2.45) is 0 Å². The topological polar surface area (TPSA) is 89.5 Å². The number of rotatable bonds is 5. The van der Waals surface area contributed by atoms with Gasteiger partial charge >= 0.3 is 5.97 Å². The van der Waals surface area contributed by atoms with Gasteiger partial charge in [-0.1, -0.05) is 19.1 Å². The zero-order valence-electron chi connectivity index (χ0n) is 14.4. The van der Waals surface area contributed by atoms with Gasteiger partial charge in [0.1, 0.15) is 5.00 Å². The van der Waals surface area contributed by atoms with Crippen LogP contribution in [0.15, 0.2) is 29.2 Å². The molecule has 1 amide bonds. The number of hydrogen-bond acceptors (Lipinski definition) is 6. The third-order valence-electron chi connectivity index (χ3n) is 3.85. The zero-order chi connectivity index (χ0) is 18.8. The predicted molar refractivity (Wildman–Crippen MR) is 97.3 cm³/mol. The van der Waals surface area contributed by atoms with Crippen LogP contribution in [0.1, 0.15) is 38.1 Å². The van der Waals surface area contributed by atoms with Gasteiger partial charge in [-0.15, -0.1) is 11.3 Å². The van der Waals surface area contributed by atoms with Crippen molar-refractivity contribution >= 4 is 38.1 Å². The van der Waals surface area contributed by atoms with Crippen LogP contribution in [0.3, 0.4) is 0 Å². The Hall–Kier alpha value is -2.19. The standard InChI is InChI=1S/C17H19NO5S2/c1-5-25(21,22)13-9-7-6-8-12(13)15(19)18-16-14(17(20)23-4)10(2)11(3)24-16/h6-9H,5H2,1-4H3,(H,18,19). The molecule has 2 aromatic rings. The van der Waals surface area contributed by atoms with E-state index in [4.69, 9.17) is 4.74 Å². The maximum Gasteiger partial charge on any atom is 0.341 e. The number of carbonyl (C=O) groups excluding carboxylic acids is 2. The largest absolute Gasteiger partial charge is 0.465 e. The first-order valence-electron chi connectivity index (χ1n) is 7.54. The zero-order valence-corrected chi connectivity index (χ0v) is 16.0. The van der Waals surface area contributed by atoms with Gasteiger partial charge in [0.05, 0.1) is 28.9 Å². The number of carbonyl (C=O) groups is 2. The molecule has 0 bridgehead atoms. The summed E-state index contributed by atoms with van der Waals surface area (Å²) in [7, 11) is -2.28. The molecule has 0 radical (unpaired) electrons. The summed E-state index contributed by atoms with van der Waals surface area (Å²) in [6, 6.07) is 6.01. The molecule has 25 heavy (non-hydrogen) atoms. The minimum Gasteiger partial charge on any atom is -0.465 e. The van der Waals surface area contributed by atoms with Gasteiger partial charge in [0.2, 0.25) is 0 Å². The van der Waals surface area contributed by atoms with Gasteiger partial charge in [-0.3, -0.25) is 4.79 Å². The highest BCUT2D eigenvalue weighted by Gasteiger charge is 2.25. The fourth-order valence-electron chi connectivity index (χ4n) is 2.31. The first-order chi connectivity index (χ1) is 11.7. The van der Waals surface area contributed by atoms with E-state index < -0.39 is 21.7 Å². The van der Waals surface area contributed by atoms with E-state index in [1.54, 1.807) is 19.1 Å². The number of sulfone groups is 1. The van der Waals surface area contributed by atoms with E-state index in [0.29, 0.717) is 5.00 Å². The Labute approximate surface area is 150 Å². The molecule has 134 valence electrons. The molecule has 0 saturated heterocycles. The highest BCUT2D eigenvalue weighted by atomic mass is 32.2. The van der Waals surface area contributed by atoms with Crippen molar-refractivity contribution in [1.29, 1.82) is 0 Å². The molecule has 1 N–H and O–H groups in total. The number of nitrogens with one attached hydrogen (secondary N) is 1. The minimum absolute atomic E-state index is 0.0281. The molecule has 1 heterocycles. The van der Waals surface area contributed by atoms with E-state index in [1.165, 1.54) is 37.5 Å². The summed E-state index contributed by atoms with van der Waals surface area (Å²) >= 11 is 1.24. The van der Waals surface area contributed by atoms with Crippen LogP contribution in [-0.4, -0.2) is 33.2 Å². The molecule has 0 fully saturated rings. The number of methoxy groups -OCH3 is 1. The molecular formula is C17H19NO5S2. The number of aryl methyl sites for hydroxylation is 1. The number of esters is 1. The Morgan fingerprint density at radius 2 is 1.84 bits per heavy atom. The number of hydrogen-bond donors (Lipinski definition) is 1. The molecule has 6 nitrogen and oxygen atoms in total. The summed E-state index contributed by atoms with van der Waals surface area (Å²) < 4.78 is 29.2. The quantitative estimate of drug-likeness (QED) is 0.804. The van der Waals surface area contributed by atoms with Crippen molar-refractivity contribution in [3.05, 3.63) is 45.8 Å². The molecule has 0 unspecified atom stereocenters. The molecule has 0 saturated carbocycles. The second-order valence-corrected chi connectivity index (χ2v) is 8.80. The van der Waals surface area contributed by atoms with Crippen LogP contribution in [0.2, 0.25) is 0 Å². The van der Waals surface area contributed by atoms with Crippen LogP contribution in [0.4, 0.5) is 5.00 Å². The van der Waals surface area contributed by atoms with Gasteiger partial charge in [-0.25, -0.2) is 13.2 Å². The van der Waals surface area contributed by atoms with Crippen molar-refractivity contribution in [3.8, 4) is 0 Å². The Balaban J connectivity index is 2.47. The normalized spacial score (nSPS) is 11.2. The minimum atomic E-state index is -3.55. The third-order valence-corrected chi connectivity index (χ3v) is 6.76. The van der Waals surface area contributed by atoms with Crippen LogP contribution < -0.4 is 5.32 Å². The molecule has 2 rings (SSSR count). The van der Waals surface area contributed by atoms with Crippen LogP contribution in [0.5, 0.6) is 0 Å². The molecule has 1 aromatic heterocycles. The summed E-state index contributed by atoms with van der Waals surface area (Å²) in [5, 5.41) is 3.00. The van der Waals surface area contributed by atoms with Gasteiger partial charge in [0.25, 0.3) is 5.91 Å². The van der Waals surface area contributed by atoms with Gasteiger partial charge in [-0.2, -0.15) is 0 Å². The molecule has 0 aliphatic rings. The lowest BCUT2D eigenvalue weighted by Crippen LogP contribution is -2.18. The second-order valence-electron chi connectivity index (χ2n) is 5.33. The Bertz CT molecular complexity index is 929. The average Bonchev–Trinajstić information content (AvgIpc) is 2.88. The monoisotopic (exact) mass is 381 g/mol. The van der Waals surface area contributed by atoms with Crippen molar-refractivity contribution < 1.29 is 22.7 Å². The Kier molecular flexibility index (Phi) is 5.64. The number of thiophene rings is 1. The van der Waals surface area contributed by atoms with E-state index in [2.05, 4.69) is 5.32 Å². The maximum atomic E-state index is 12.7. The maximum absolute atomic E-state index is 12.7. The van der Waals surface area contributed by atoms with Crippen LogP contribution >= 0.6 is 11.3 Å². The van der Waals surface area contributed by atoms with Crippen molar-refractivity contribution in [1.82, 2.24) is 0 Å². The SMILES string of the molecule is CCS(=O)(=O)c1ccccc1C(=O)Nc1sc(C)c(C)c1C(=O)OC. The van der Waals surface area contributed by atoms with E-state index in [9.17, 15) is 18.0 Å². The molecular weight excluding hydrogens is 362 g/mol. The molecule has 0 aliphatic heterocycles. The van der Waals surface area contributed by atoms with Crippen LogP contribution in [0, 0.1) is 13.8 Å². The summed E-state index contributed by atoms with van der Waals surface area (Å²) in [5.74, 6) is -1.24. The summed E-state index contributed by atoms with van der Waals surface area (Å²) in [4.78, 5) is 25.5. The number of ether oxygens (including phenoxy) is 1. The van der Waals surface area contributed by atoms with E-state index in [1.807, 2.05) is 6.92 Å². The average molecular weight is 381 g/mol. The van der Waals surface area contributed by atoms with Crippen molar-refractivity contribution in [2.45, 2.75) is 25.7 Å². The van der Waals surface area contributed by atoms with E-state index in [-0.39, 0.29) is 21.8 Å². The van der Waals surface area contributed by atoms with Gasteiger partial charge < -0.3 is 10.1 Å². The summed E-state index contributed by atoms with van der Waals surface area (Å²) in [5.41, 5.74) is 1.06. The third kappa shape index (κ3) is 3.74. The van der Waals surface area contributed by atoms with Gasteiger partial charge in [0, 0.05) is 4.88 Å². The highest BCUT2D eigenvalue weighted by molar-refractivity contribution is 7.91. The number of amides is 1. The van der Waals surface area contributed by atoms with Crippen molar-refractivity contribution in [2.75, 3.05) is 18.2 Å². The summed E-state index contributed by atoms with van der Waals surface area (Å²) in [6.07, 6.45) is 0. The molecule has 8 heteroatoms. The fraction of sp³-hybridized carbons (Fsp3) is 0.294. The van der Waals surface area contributed by atoms with Gasteiger partial charge in [-0.05, 0) is 31.5 Å². The first kappa shape index (κ1) is 19.1. The predicted octanol–water partition coefficient (Wildman–Crippen LogP) is 3.20. The first-order valence-corrected chi connectivity index (χ1v) is 10.0. The summed E-state index contributed by atoms with van der Waals surface area (Å²) in [6.45, 7) is 5.12. The Morgan fingerprint density at radius 1 is 1.20 bits per heavy atom. The van der Waals surface area contributed by atoms with Gasteiger partial charge in [0.15, 0.2) is 9.84 Å². The number of benzene rings is 1. The second kappa shape index (κ2) is 7.37. The van der Waals surface area contributed by atoms with Crippen LogP contribution in [0.25, 0.3) is 0 Å². The highest BCUT2D eigenvalue weighted by Crippen LogP contribution is 2.33. The van der Waals surface area contributed by atoms with Crippen molar-refractivity contribution in [3.63, 3.8) is 0 Å². The fourth-order valence-corrected chi connectivity index (χ4v) is 4.45. The molecule has 0 aliphatic carbocycles. The smallest absolute Gasteiger partial charge is 0.341 e. The Morgan fingerprint density at radius 3 is 2.44 bits per heavy atom. The lowest BCUT2D eigenvalue weighted by molar-refractivity contribution is 0.0601. The molecule has 0 atom stereocenters. The van der Waals surface area contributed by atoms with Crippen LogP contribution in [-0.2, 0) is 14.6 Å². The van der Waals surface area contributed by atoms with E-state index >= 15 is 0 Å². The number of anilines is 1. The molecule has 1 aromatic carbocycles. The molecule has 0 spiro atoms. The lowest BCUT2D eigenvalue weighted by Gasteiger charge is -2.10. The lowest BCUT2D eigenvalue weighted by atomic mass is 10.1. The van der Waals surface area contributed by atoms with E-state index in [0.717, 1.165) is 10.4 Å².